The molecule has 2 aliphatic rings. The zero-order chi connectivity index (χ0) is 20.4. The third-order valence-corrected chi connectivity index (χ3v) is 5.65. The Bertz CT molecular complexity index is 937. The maximum absolute atomic E-state index is 12.3. The van der Waals surface area contributed by atoms with Gasteiger partial charge in [-0.25, -0.2) is 4.79 Å². The minimum atomic E-state index is -0.482. The van der Waals surface area contributed by atoms with Crippen LogP contribution in [0.5, 0.6) is 0 Å². The van der Waals surface area contributed by atoms with Gasteiger partial charge in [0.05, 0.1) is 34.8 Å². The fourth-order valence-electron chi connectivity index (χ4n) is 4.20. The van der Waals surface area contributed by atoms with Gasteiger partial charge in [-0.15, -0.1) is 0 Å². The highest BCUT2D eigenvalue weighted by molar-refractivity contribution is 5.91. The molecule has 7 heteroatoms. The van der Waals surface area contributed by atoms with Crippen LogP contribution in [-0.2, 0) is 4.74 Å². The first kappa shape index (κ1) is 18.7. The van der Waals surface area contributed by atoms with Crippen LogP contribution in [-0.4, -0.2) is 46.5 Å². The molecule has 3 heterocycles. The molecule has 2 N–H and O–H groups in total. The summed E-state index contributed by atoms with van der Waals surface area (Å²) in [6.07, 6.45) is -0.259. The summed E-state index contributed by atoms with van der Waals surface area (Å²) < 4.78 is 7.59. The molecular formula is C21H29N5O2. The number of nitrogens with two attached hydrogens (primary N) is 1. The Hall–Kier alpha value is -2.70. The number of carbonyl (C=O) groups excluding carboxylic acids is 1. The summed E-state index contributed by atoms with van der Waals surface area (Å²) in [6, 6.07) is 6.35. The van der Waals surface area contributed by atoms with Crippen LogP contribution in [0, 0.1) is 6.92 Å². The fourth-order valence-corrected chi connectivity index (χ4v) is 4.20. The molecule has 0 saturated carbocycles. The molecule has 7 nitrogen and oxygen atoms in total. The standard InChI is InChI=1S/C21H29N5O2/c1-12-17-15-8-7-9-16(22)19(15)24(6)13(2)18(17)26(23-12)14-10-25(11-14)20(27)28-21(3,4)5/h7-9,13-14H,10-11,22H2,1-6H3. The molecule has 28 heavy (non-hydrogen) atoms. The number of nitrogen functional groups attached to an aromatic ring is 1. The number of aryl methyl sites for hydroxylation is 1. The van der Waals surface area contributed by atoms with Crippen molar-refractivity contribution in [2.45, 2.75) is 52.3 Å². The van der Waals surface area contributed by atoms with E-state index in [4.69, 9.17) is 15.6 Å². The van der Waals surface area contributed by atoms with Crippen LogP contribution < -0.4 is 10.6 Å². The molecular weight excluding hydrogens is 354 g/mol. The number of para-hydroxylation sites is 1. The SMILES string of the molecule is Cc1nn(C2CN(C(=O)OC(C)(C)C)C2)c2c1-c1cccc(N)c1N(C)C2C. The van der Waals surface area contributed by atoms with Crippen molar-refractivity contribution in [1.29, 1.82) is 0 Å². The Labute approximate surface area is 166 Å². The number of rotatable bonds is 1. The van der Waals surface area contributed by atoms with Gasteiger partial charge in [-0.05, 0) is 40.7 Å². The van der Waals surface area contributed by atoms with E-state index in [9.17, 15) is 4.79 Å². The van der Waals surface area contributed by atoms with Crippen molar-refractivity contribution < 1.29 is 9.53 Å². The first-order valence-corrected chi connectivity index (χ1v) is 9.77. The van der Waals surface area contributed by atoms with Crippen LogP contribution in [0.15, 0.2) is 18.2 Å². The van der Waals surface area contributed by atoms with E-state index < -0.39 is 5.60 Å². The van der Waals surface area contributed by atoms with E-state index in [2.05, 4.69) is 29.6 Å². The summed E-state index contributed by atoms with van der Waals surface area (Å²) in [5.74, 6) is 0. The summed E-state index contributed by atoms with van der Waals surface area (Å²) in [5, 5.41) is 4.87. The number of nitrogens with zero attached hydrogens (tertiary/aromatic N) is 4. The molecule has 150 valence electrons. The average Bonchev–Trinajstić information content (AvgIpc) is 2.86. The number of amides is 1. The molecule has 0 spiro atoms. The molecule has 2 aliphatic heterocycles. The Morgan fingerprint density at radius 3 is 2.61 bits per heavy atom. The van der Waals surface area contributed by atoms with E-state index >= 15 is 0 Å². The number of fused-ring (bicyclic) bond motifs is 3. The molecule has 0 aliphatic carbocycles. The number of carbonyl (C=O) groups is 1. The lowest BCUT2D eigenvalue weighted by atomic mass is 9.91. The van der Waals surface area contributed by atoms with Crippen molar-refractivity contribution in [2.24, 2.45) is 0 Å². The summed E-state index contributed by atoms with van der Waals surface area (Å²) in [6.45, 7) is 11.1. The molecule has 1 amide bonds. The number of benzene rings is 1. The van der Waals surface area contributed by atoms with Gasteiger partial charge in [-0.3, -0.25) is 4.68 Å². The van der Waals surface area contributed by atoms with Gasteiger partial charge in [-0.1, -0.05) is 12.1 Å². The van der Waals surface area contributed by atoms with Crippen LogP contribution in [0.2, 0.25) is 0 Å². The first-order valence-electron chi connectivity index (χ1n) is 9.77. The monoisotopic (exact) mass is 383 g/mol. The number of likely N-dealkylation sites (tertiary alicyclic amines) is 1. The van der Waals surface area contributed by atoms with Crippen LogP contribution in [0.1, 0.15) is 51.2 Å². The van der Waals surface area contributed by atoms with Crippen molar-refractivity contribution >= 4 is 17.5 Å². The zero-order valence-corrected chi connectivity index (χ0v) is 17.5. The zero-order valence-electron chi connectivity index (χ0n) is 17.5. The number of ether oxygens (including phenoxy) is 1. The van der Waals surface area contributed by atoms with Gasteiger partial charge in [0.2, 0.25) is 0 Å². The van der Waals surface area contributed by atoms with E-state index in [0.717, 1.165) is 22.6 Å². The van der Waals surface area contributed by atoms with Crippen LogP contribution in [0.3, 0.4) is 0 Å². The maximum atomic E-state index is 12.3. The Kier molecular flexibility index (Phi) is 4.10. The third-order valence-electron chi connectivity index (χ3n) is 5.65. The van der Waals surface area contributed by atoms with Crippen molar-refractivity contribution in [3.63, 3.8) is 0 Å². The van der Waals surface area contributed by atoms with Gasteiger partial charge < -0.3 is 20.3 Å². The van der Waals surface area contributed by atoms with E-state index in [0.29, 0.717) is 13.1 Å². The van der Waals surface area contributed by atoms with Crippen LogP contribution >= 0.6 is 0 Å². The predicted octanol–water partition coefficient (Wildman–Crippen LogP) is 3.74. The van der Waals surface area contributed by atoms with Gasteiger partial charge in [-0.2, -0.15) is 5.10 Å². The van der Waals surface area contributed by atoms with Gasteiger partial charge in [0, 0.05) is 31.3 Å². The molecule has 1 aromatic heterocycles. The number of hydrogen-bond acceptors (Lipinski definition) is 5. The predicted molar refractivity (Wildman–Crippen MR) is 110 cm³/mol. The molecule has 0 bridgehead atoms. The Balaban J connectivity index is 1.65. The fraction of sp³-hybridized carbons (Fsp3) is 0.524. The lowest BCUT2D eigenvalue weighted by Gasteiger charge is -2.42. The lowest BCUT2D eigenvalue weighted by molar-refractivity contribution is -0.000874. The topological polar surface area (TPSA) is 76.6 Å². The number of aromatic nitrogens is 2. The van der Waals surface area contributed by atoms with Gasteiger partial charge in [0.25, 0.3) is 0 Å². The second kappa shape index (κ2) is 6.15. The largest absolute Gasteiger partial charge is 0.444 e. The highest BCUT2D eigenvalue weighted by Gasteiger charge is 2.40. The molecule has 1 unspecified atom stereocenters. The Morgan fingerprint density at radius 1 is 1.29 bits per heavy atom. The highest BCUT2D eigenvalue weighted by Crippen LogP contribution is 2.48. The van der Waals surface area contributed by atoms with Crippen molar-refractivity contribution in [3.05, 3.63) is 29.6 Å². The summed E-state index contributed by atoms with van der Waals surface area (Å²) in [4.78, 5) is 16.2. The quantitative estimate of drug-likeness (QED) is 0.759. The second-order valence-electron chi connectivity index (χ2n) is 8.86. The molecule has 1 fully saturated rings. The molecule has 4 rings (SSSR count). The molecule has 0 radical (unpaired) electrons. The lowest BCUT2D eigenvalue weighted by Crippen LogP contribution is -2.53. The molecule has 2 aromatic rings. The van der Waals surface area contributed by atoms with E-state index in [1.165, 1.54) is 11.3 Å². The first-order chi connectivity index (χ1) is 13.1. The van der Waals surface area contributed by atoms with Crippen molar-refractivity contribution in [2.75, 3.05) is 30.8 Å². The number of hydrogen-bond donors (Lipinski definition) is 1. The van der Waals surface area contributed by atoms with E-state index in [1.807, 2.05) is 39.8 Å². The third kappa shape index (κ3) is 2.80. The minimum Gasteiger partial charge on any atom is -0.444 e. The number of anilines is 2. The van der Waals surface area contributed by atoms with Crippen LogP contribution in [0.25, 0.3) is 11.1 Å². The molecule has 1 aromatic carbocycles. The molecule has 1 saturated heterocycles. The van der Waals surface area contributed by atoms with E-state index in [1.54, 1.807) is 4.90 Å². The van der Waals surface area contributed by atoms with Crippen molar-refractivity contribution in [3.8, 4) is 11.1 Å². The van der Waals surface area contributed by atoms with Crippen molar-refractivity contribution in [1.82, 2.24) is 14.7 Å². The molecule has 1 atom stereocenters. The maximum Gasteiger partial charge on any atom is 0.410 e. The Morgan fingerprint density at radius 2 is 1.96 bits per heavy atom. The van der Waals surface area contributed by atoms with Gasteiger partial charge in [0.15, 0.2) is 0 Å². The average molecular weight is 383 g/mol. The smallest absolute Gasteiger partial charge is 0.410 e. The minimum absolute atomic E-state index is 0.143. The highest BCUT2D eigenvalue weighted by atomic mass is 16.6. The summed E-state index contributed by atoms with van der Waals surface area (Å²) >= 11 is 0. The summed E-state index contributed by atoms with van der Waals surface area (Å²) in [7, 11) is 2.07. The van der Waals surface area contributed by atoms with Crippen LogP contribution in [0.4, 0.5) is 16.2 Å². The normalized spacial score (nSPS) is 19.1. The van der Waals surface area contributed by atoms with Gasteiger partial charge >= 0.3 is 6.09 Å². The second-order valence-corrected chi connectivity index (χ2v) is 8.86. The van der Waals surface area contributed by atoms with Gasteiger partial charge in [0.1, 0.15) is 5.60 Å². The van der Waals surface area contributed by atoms with E-state index in [-0.39, 0.29) is 18.2 Å². The summed E-state index contributed by atoms with van der Waals surface area (Å²) in [5.41, 5.74) is 12.1.